The molecule has 0 bridgehead atoms. The van der Waals surface area contributed by atoms with Gasteiger partial charge in [0.2, 0.25) is 0 Å². The minimum absolute atomic E-state index is 0.258. The minimum Gasteiger partial charge on any atom is -0.494 e. The molecule has 3 heteroatoms. The van der Waals surface area contributed by atoms with E-state index >= 15 is 0 Å². The summed E-state index contributed by atoms with van der Waals surface area (Å²) in [5.41, 5.74) is 7.47. The summed E-state index contributed by atoms with van der Waals surface area (Å²) in [7, 11) is 0. The number of halogens is 1. The van der Waals surface area contributed by atoms with Crippen molar-refractivity contribution >= 4 is 23.0 Å². The number of ether oxygens (including phenoxy) is 1. The van der Waals surface area contributed by atoms with Crippen LogP contribution in [0.5, 0.6) is 5.75 Å². The van der Waals surface area contributed by atoms with Crippen LogP contribution in [0.2, 0.25) is 0 Å². The fourth-order valence-electron chi connectivity index (χ4n) is 3.94. The Balaban J connectivity index is 1.47. The predicted molar refractivity (Wildman–Crippen MR) is 141 cm³/mol. The summed E-state index contributed by atoms with van der Waals surface area (Å²) >= 11 is 0. The first kappa shape index (κ1) is 23.3. The molecule has 0 aromatic heterocycles. The third-order valence-corrected chi connectivity index (χ3v) is 5.80. The molecule has 0 saturated heterocycles. The van der Waals surface area contributed by atoms with E-state index in [9.17, 15) is 4.39 Å². The third kappa shape index (κ3) is 6.35. The normalized spacial score (nSPS) is 11.3. The van der Waals surface area contributed by atoms with Crippen molar-refractivity contribution in [2.75, 3.05) is 11.9 Å². The zero-order chi connectivity index (χ0) is 23.8. The van der Waals surface area contributed by atoms with E-state index in [1.165, 1.54) is 17.7 Å². The molecule has 4 aromatic carbocycles. The van der Waals surface area contributed by atoms with Crippen LogP contribution in [-0.2, 0) is 6.42 Å². The largest absolute Gasteiger partial charge is 0.494 e. The zero-order valence-corrected chi connectivity index (χ0v) is 19.7. The number of rotatable bonds is 9. The minimum atomic E-state index is -0.258. The van der Waals surface area contributed by atoms with Crippen LogP contribution in [0.25, 0.3) is 11.6 Å². The summed E-state index contributed by atoms with van der Waals surface area (Å²) in [6, 6.07) is 31.3. The Labute approximate surface area is 201 Å². The lowest BCUT2D eigenvalue weighted by Crippen LogP contribution is -1.99. The molecule has 0 aliphatic heterocycles. The first-order valence-electron chi connectivity index (χ1n) is 11.7. The lowest BCUT2D eigenvalue weighted by Gasteiger charge is -2.14. The van der Waals surface area contributed by atoms with E-state index in [1.807, 2.05) is 36.4 Å². The number of anilines is 2. The molecular formula is C31H30FNO. The molecule has 0 fully saturated rings. The Morgan fingerprint density at radius 3 is 2.50 bits per heavy atom. The molecule has 4 rings (SSSR count). The highest BCUT2D eigenvalue weighted by Gasteiger charge is 2.07. The number of hydrogen-bond donors (Lipinski definition) is 1. The van der Waals surface area contributed by atoms with Gasteiger partial charge in [-0.2, -0.15) is 0 Å². The SMILES string of the molecule is C/C(=C\c1c(C)cccc1Nc1cccc(F)c1)c1cccc(OCCCc2ccccc2)c1. The van der Waals surface area contributed by atoms with Gasteiger partial charge < -0.3 is 10.1 Å². The predicted octanol–water partition coefficient (Wildman–Crippen LogP) is 8.45. The average molecular weight is 452 g/mol. The lowest BCUT2D eigenvalue weighted by molar-refractivity contribution is 0.311. The smallest absolute Gasteiger partial charge is 0.125 e. The van der Waals surface area contributed by atoms with Crippen LogP contribution in [0.15, 0.2) is 97.1 Å². The van der Waals surface area contributed by atoms with Gasteiger partial charge in [0.1, 0.15) is 11.6 Å². The van der Waals surface area contributed by atoms with Gasteiger partial charge in [0.05, 0.1) is 6.61 Å². The second-order valence-electron chi connectivity index (χ2n) is 8.46. The van der Waals surface area contributed by atoms with Crippen LogP contribution in [0.3, 0.4) is 0 Å². The van der Waals surface area contributed by atoms with Crippen molar-refractivity contribution < 1.29 is 9.13 Å². The van der Waals surface area contributed by atoms with Crippen LogP contribution >= 0.6 is 0 Å². The van der Waals surface area contributed by atoms with Gasteiger partial charge in [-0.15, -0.1) is 0 Å². The van der Waals surface area contributed by atoms with Crippen molar-refractivity contribution in [3.63, 3.8) is 0 Å². The van der Waals surface area contributed by atoms with Crippen LogP contribution in [-0.4, -0.2) is 6.61 Å². The Morgan fingerprint density at radius 1 is 0.882 bits per heavy atom. The van der Waals surface area contributed by atoms with E-state index in [4.69, 9.17) is 4.74 Å². The summed E-state index contributed by atoms with van der Waals surface area (Å²) in [5, 5.41) is 3.36. The van der Waals surface area contributed by atoms with Crippen molar-refractivity contribution in [1.82, 2.24) is 0 Å². The standard InChI is InChI=1S/C31H30FNO/c1-23-10-6-18-31(33-28-16-8-15-27(32)22-28)30(23)20-24(2)26-14-7-17-29(21-26)34-19-9-13-25-11-4-3-5-12-25/h3-8,10-12,14-18,20-22,33H,9,13,19H2,1-2H3/b24-20+. The van der Waals surface area contributed by atoms with Gasteiger partial charge >= 0.3 is 0 Å². The highest BCUT2D eigenvalue weighted by Crippen LogP contribution is 2.29. The molecule has 0 unspecified atom stereocenters. The molecule has 2 nitrogen and oxygen atoms in total. The van der Waals surface area contributed by atoms with E-state index in [0.29, 0.717) is 6.61 Å². The maximum absolute atomic E-state index is 13.7. The number of allylic oxidation sites excluding steroid dienone is 1. The fourth-order valence-corrected chi connectivity index (χ4v) is 3.94. The van der Waals surface area contributed by atoms with E-state index in [2.05, 4.69) is 67.7 Å². The van der Waals surface area contributed by atoms with Gasteiger partial charge in [-0.25, -0.2) is 4.39 Å². The van der Waals surface area contributed by atoms with Crippen molar-refractivity contribution in [1.29, 1.82) is 0 Å². The van der Waals surface area contributed by atoms with Crippen LogP contribution in [0.4, 0.5) is 15.8 Å². The Hall–Kier alpha value is -3.85. The van der Waals surface area contributed by atoms with Gasteiger partial charge in [-0.1, -0.05) is 60.7 Å². The van der Waals surface area contributed by atoms with Gasteiger partial charge in [-0.3, -0.25) is 0 Å². The van der Waals surface area contributed by atoms with Crippen molar-refractivity contribution in [2.45, 2.75) is 26.7 Å². The lowest BCUT2D eigenvalue weighted by atomic mass is 9.99. The van der Waals surface area contributed by atoms with Gasteiger partial charge in [0.25, 0.3) is 0 Å². The van der Waals surface area contributed by atoms with Gasteiger partial charge in [-0.05, 0) is 91.4 Å². The second kappa shape index (κ2) is 11.3. The van der Waals surface area contributed by atoms with Crippen LogP contribution < -0.4 is 10.1 Å². The zero-order valence-electron chi connectivity index (χ0n) is 19.7. The first-order valence-corrected chi connectivity index (χ1v) is 11.7. The van der Waals surface area contributed by atoms with Crippen LogP contribution in [0.1, 0.15) is 35.6 Å². The molecule has 1 N–H and O–H groups in total. The molecule has 0 radical (unpaired) electrons. The van der Waals surface area contributed by atoms with Gasteiger partial charge in [0, 0.05) is 16.9 Å². The molecule has 0 saturated carbocycles. The summed E-state index contributed by atoms with van der Waals surface area (Å²) < 4.78 is 19.7. The second-order valence-corrected chi connectivity index (χ2v) is 8.46. The molecule has 0 aliphatic rings. The summed E-state index contributed by atoms with van der Waals surface area (Å²) in [5.74, 6) is 0.618. The highest BCUT2D eigenvalue weighted by molar-refractivity contribution is 5.86. The maximum atomic E-state index is 13.7. The number of aryl methyl sites for hydroxylation is 2. The molecule has 0 amide bonds. The van der Waals surface area contributed by atoms with E-state index in [0.717, 1.165) is 52.2 Å². The molecule has 0 atom stereocenters. The first-order chi connectivity index (χ1) is 16.6. The summed E-state index contributed by atoms with van der Waals surface area (Å²) in [4.78, 5) is 0. The molecule has 0 spiro atoms. The molecule has 0 heterocycles. The van der Waals surface area contributed by atoms with Crippen molar-refractivity contribution in [3.05, 3.63) is 125 Å². The Morgan fingerprint density at radius 2 is 1.68 bits per heavy atom. The molecule has 172 valence electrons. The topological polar surface area (TPSA) is 21.3 Å². The Kier molecular flexibility index (Phi) is 7.77. The Bertz CT molecular complexity index is 1260. The fraction of sp³-hybridized carbons (Fsp3) is 0.161. The number of benzene rings is 4. The molecule has 0 aliphatic carbocycles. The van der Waals surface area contributed by atoms with Crippen molar-refractivity contribution in [3.8, 4) is 5.75 Å². The molecular weight excluding hydrogens is 421 g/mol. The maximum Gasteiger partial charge on any atom is 0.125 e. The van der Waals surface area contributed by atoms with E-state index < -0.39 is 0 Å². The quantitative estimate of drug-likeness (QED) is 0.204. The highest BCUT2D eigenvalue weighted by atomic mass is 19.1. The molecule has 34 heavy (non-hydrogen) atoms. The van der Waals surface area contributed by atoms with Crippen LogP contribution in [0, 0.1) is 12.7 Å². The van der Waals surface area contributed by atoms with E-state index in [-0.39, 0.29) is 5.82 Å². The number of hydrogen-bond acceptors (Lipinski definition) is 2. The monoisotopic (exact) mass is 451 g/mol. The third-order valence-electron chi connectivity index (χ3n) is 5.80. The average Bonchev–Trinajstić information content (AvgIpc) is 2.85. The molecule has 4 aromatic rings. The van der Waals surface area contributed by atoms with Gasteiger partial charge in [0.15, 0.2) is 0 Å². The van der Waals surface area contributed by atoms with Crippen molar-refractivity contribution in [2.24, 2.45) is 0 Å². The summed E-state index contributed by atoms with van der Waals surface area (Å²) in [6.45, 7) is 4.87. The summed E-state index contributed by atoms with van der Waals surface area (Å²) in [6.07, 6.45) is 4.15. The number of nitrogens with one attached hydrogen (secondary N) is 1. The van der Waals surface area contributed by atoms with E-state index in [1.54, 1.807) is 6.07 Å².